The number of carbonyl (C=O) groups is 1. The Morgan fingerprint density at radius 2 is 1.97 bits per heavy atom. The summed E-state index contributed by atoms with van der Waals surface area (Å²) in [4.78, 5) is 14.0. The molecule has 1 aromatic rings. The Hall–Kier alpha value is -1.39. The van der Waals surface area contributed by atoms with Crippen LogP contribution in [-0.4, -0.2) is 37.7 Å². The quantitative estimate of drug-likeness (QED) is 0.648. The summed E-state index contributed by atoms with van der Waals surface area (Å²) in [6, 6.07) is 12.0. The highest BCUT2D eigenvalue weighted by Gasteiger charge is 2.65. The minimum absolute atomic E-state index is 0.164. The van der Waals surface area contributed by atoms with Gasteiger partial charge in [0.25, 0.3) is 0 Å². The number of ether oxygens (including phenoxy) is 1. The van der Waals surface area contributed by atoms with Gasteiger partial charge in [0.05, 0.1) is 5.41 Å². The van der Waals surface area contributed by atoms with Gasteiger partial charge in [0.2, 0.25) is 5.91 Å². The summed E-state index contributed by atoms with van der Waals surface area (Å²) in [6.07, 6.45) is 10.5. The molecule has 1 amide bonds. The Morgan fingerprint density at radius 3 is 2.71 bits per heavy atom. The second-order valence-electron chi connectivity index (χ2n) is 11.8. The maximum Gasteiger partial charge on any atom is 0.226 e. The van der Waals surface area contributed by atoms with Crippen molar-refractivity contribution in [3.8, 4) is 0 Å². The monoisotopic (exact) mass is 422 g/mol. The number of rotatable bonds is 7. The second-order valence-corrected chi connectivity index (χ2v) is 11.8. The second kappa shape index (κ2) is 7.31. The topological polar surface area (TPSA) is 50.4 Å². The lowest BCUT2D eigenvalue weighted by atomic mass is 9.38. The smallest absolute Gasteiger partial charge is 0.226 e. The summed E-state index contributed by atoms with van der Waals surface area (Å²) in [5.41, 5.74) is 1.70. The van der Waals surface area contributed by atoms with Crippen LogP contribution in [0, 0.1) is 22.7 Å². The summed E-state index contributed by atoms with van der Waals surface area (Å²) in [5, 5.41) is 7.22. The summed E-state index contributed by atoms with van der Waals surface area (Å²) in [5.74, 6) is 1.80. The molecule has 6 fully saturated rings. The molecule has 5 saturated carbocycles. The molecule has 4 heteroatoms. The third kappa shape index (κ3) is 3.28. The normalized spacial score (nSPS) is 44.7. The van der Waals surface area contributed by atoms with E-state index in [0.29, 0.717) is 23.9 Å². The van der Waals surface area contributed by atoms with Crippen molar-refractivity contribution < 1.29 is 9.53 Å². The number of fused-ring (bicyclic) bond motifs is 2. The van der Waals surface area contributed by atoms with Crippen LogP contribution in [0.3, 0.4) is 0 Å². The van der Waals surface area contributed by atoms with Crippen LogP contribution in [0.25, 0.3) is 0 Å². The lowest BCUT2D eigenvalue weighted by Gasteiger charge is -2.66. The van der Waals surface area contributed by atoms with Gasteiger partial charge in [0, 0.05) is 25.3 Å². The van der Waals surface area contributed by atoms with Crippen LogP contribution in [0.15, 0.2) is 30.3 Å². The largest absolute Gasteiger partial charge is 0.382 e. The van der Waals surface area contributed by atoms with Gasteiger partial charge < -0.3 is 15.4 Å². The summed E-state index contributed by atoms with van der Waals surface area (Å²) in [7, 11) is 0. The van der Waals surface area contributed by atoms with E-state index in [2.05, 4.69) is 47.9 Å². The highest BCUT2D eigenvalue weighted by molar-refractivity contribution is 5.84. The Balaban J connectivity index is 1.32. The third-order valence-electron chi connectivity index (χ3n) is 9.68. The van der Waals surface area contributed by atoms with Crippen LogP contribution in [0.5, 0.6) is 0 Å². The van der Waals surface area contributed by atoms with E-state index < -0.39 is 0 Å². The van der Waals surface area contributed by atoms with E-state index in [0.717, 1.165) is 51.4 Å². The molecule has 7 atom stereocenters. The molecule has 2 N–H and O–H groups in total. The standard InChI is InChI=1S/C27H38N2O2/c1-2-31-9-8-25-12-20-13-26(16-25,21-6-4-3-5-7-21)18-27(14-20,17-25)24(30)29-23-11-19-10-22(23)28-15-19/h3-7,19-20,22-23,28H,2,8-18H2,1H3,(H,29,30)/t19?,20?,22?,23?,25-,26-,27?/m0/s1. The zero-order chi connectivity index (χ0) is 21.1. The fourth-order valence-corrected chi connectivity index (χ4v) is 9.05. The van der Waals surface area contributed by atoms with E-state index in [1.165, 1.54) is 37.7 Å². The third-order valence-corrected chi connectivity index (χ3v) is 9.68. The van der Waals surface area contributed by atoms with E-state index in [9.17, 15) is 4.79 Å². The molecule has 1 aromatic carbocycles. The molecule has 1 heterocycles. The number of hydrogen-bond donors (Lipinski definition) is 2. The van der Waals surface area contributed by atoms with Crippen molar-refractivity contribution in [1.29, 1.82) is 0 Å². The van der Waals surface area contributed by atoms with E-state index in [-0.39, 0.29) is 16.2 Å². The van der Waals surface area contributed by atoms with Crippen molar-refractivity contribution >= 4 is 5.91 Å². The molecule has 0 spiro atoms. The molecule has 0 aromatic heterocycles. The van der Waals surface area contributed by atoms with Crippen LogP contribution in [0.1, 0.15) is 70.3 Å². The van der Waals surface area contributed by atoms with Gasteiger partial charge >= 0.3 is 0 Å². The molecule has 1 saturated heterocycles. The predicted octanol–water partition coefficient (Wildman–Crippen LogP) is 4.19. The molecule has 5 unspecified atom stereocenters. The van der Waals surface area contributed by atoms with Gasteiger partial charge in [-0.15, -0.1) is 0 Å². The number of hydrogen-bond acceptors (Lipinski definition) is 3. The van der Waals surface area contributed by atoms with Crippen molar-refractivity contribution in [2.45, 2.75) is 82.2 Å². The van der Waals surface area contributed by atoms with Gasteiger partial charge in [0.1, 0.15) is 0 Å². The van der Waals surface area contributed by atoms with Gasteiger partial charge in [-0.1, -0.05) is 30.3 Å². The number of nitrogens with one attached hydrogen (secondary N) is 2. The fraction of sp³-hybridized carbons (Fsp3) is 0.741. The molecule has 0 radical (unpaired) electrons. The number of amides is 1. The van der Waals surface area contributed by atoms with Gasteiger partial charge in [-0.3, -0.25) is 4.79 Å². The SMILES string of the molecule is CCOCC[C@@]12CC3CC(C(=O)NC4CC5CNC4C5)(C1)C[C@](c1ccccc1)(C3)C2. The fourth-order valence-electron chi connectivity index (χ4n) is 9.05. The summed E-state index contributed by atoms with van der Waals surface area (Å²) < 4.78 is 5.84. The van der Waals surface area contributed by atoms with E-state index in [1.54, 1.807) is 0 Å². The van der Waals surface area contributed by atoms with Crippen molar-refractivity contribution in [3.63, 3.8) is 0 Å². The Kier molecular flexibility index (Phi) is 4.77. The molecular weight excluding hydrogens is 384 g/mol. The predicted molar refractivity (Wildman–Crippen MR) is 122 cm³/mol. The zero-order valence-corrected chi connectivity index (χ0v) is 19.0. The van der Waals surface area contributed by atoms with Crippen LogP contribution >= 0.6 is 0 Å². The first-order chi connectivity index (χ1) is 15.0. The summed E-state index contributed by atoms with van der Waals surface area (Å²) >= 11 is 0. The lowest BCUT2D eigenvalue weighted by Crippen LogP contribution is -2.64. The molecule has 4 nitrogen and oxygen atoms in total. The Bertz CT molecular complexity index is 843. The molecule has 5 aliphatic carbocycles. The molecule has 31 heavy (non-hydrogen) atoms. The first kappa shape index (κ1) is 20.2. The molecule has 6 aliphatic rings. The number of carbonyl (C=O) groups excluding carboxylic acids is 1. The van der Waals surface area contributed by atoms with Gasteiger partial charge in [-0.2, -0.15) is 0 Å². The van der Waals surface area contributed by atoms with E-state index >= 15 is 0 Å². The molecule has 6 bridgehead atoms. The Labute approximate surface area is 186 Å². The Morgan fingerprint density at radius 1 is 1.10 bits per heavy atom. The van der Waals surface area contributed by atoms with Crippen molar-refractivity contribution in [2.75, 3.05) is 19.8 Å². The van der Waals surface area contributed by atoms with E-state index in [1.807, 2.05) is 0 Å². The number of piperidine rings is 1. The van der Waals surface area contributed by atoms with E-state index in [4.69, 9.17) is 4.74 Å². The van der Waals surface area contributed by atoms with Gasteiger partial charge in [-0.25, -0.2) is 0 Å². The van der Waals surface area contributed by atoms with Crippen molar-refractivity contribution in [1.82, 2.24) is 10.6 Å². The molecule has 168 valence electrons. The average Bonchev–Trinajstić information content (AvgIpc) is 3.37. The summed E-state index contributed by atoms with van der Waals surface area (Å²) in [6.45, 7) is 4.85. The zero-order valence-electron chi connectivity index (χ0n) is 19.0. The van der Waals surface area contributed by atoms with Crippen LogP contribution < -0.4 is 10.6 Å². The molecule has 7 rings (SSSR count). The van der Waals surface area contributed by atoms with Gasteiger partial charge in [-0.05, 0) is 99.5 Å². The van der Waals surface area contributed by atoms with Crippen LogP contribution in [0.2, 0.25) is 0 Å². The minimum atomic E-state index is -0.191. The average molecular weight is 423 g/mol. The maximum atomic E-state index is 14.0. The van der Waals surface area contributed by atoms with Crippen molar-refractivity contribution in [2.24, 2.45) is 22.7 Å². The lowest BCUT2D eigenvalue weighted by molar-refractivity contribution is -0.166. The highest BCUT2D eigenvalue weighted by Crippen LogP contribution is 2.71. The first-order valence-electron chi connectivity index (χ1n) is 12.7. The minimum Gasteiger partial charge on any atom is -0.382 e. The number of benzene rings is 1. The highest BCUT2D eigenvalue weighted by atomic mass is 16.5. The molecular formula is C27H38N2O2. The van der Waals surface area contributed by atoms with Gasteiger partial charge in [0.15, 0.2) is 0 Å². The van der Waals surface area contributed by atoms with Crippen LogP contribution in [0.4, 0.5) is 0 Å². The van der Waals surface area contributed by atoms with Crippen LogP contribution in [-0.2, 0) is 14.9 Å². The van der Waals surface area contributed by atoms with Crippen molar-refractivity contribution in [3.05, 3.63) is 35.9 Å². The molecule has 1 aliphatic heterocycles. The first-order valence-corrected chi connectivity index (χ1v) is 12.7. The maximum absolute atomic E-state index is 14.0.